The Morgan fingerprint density at radius 3 is 0.800 bits per heavy atom. The number of amides is 11. The zero-order valence-corrected chi connectivity index (χ0v) is 71.4. The van der Waals surface area contributed by atoms with Crippen molar-refractivity contribution in [3.8, 4) is 0 Å². The lowest BCUT2D eigenvalue weighted by molar-refractivity contribution is -0.270. The van der Waals surface area contributed by atoms with Crippen LogP contribution in [0.5, 0.6) is 0 Å². The van der Waals surface area contributed by atoms with Crippen molar-refractivity contribution in [1.82, 2.24) is 58.5 Å². The van der Waals surface area contributed by atoms with Crippen LogP contribution in [0.25, 0.3) is 0 Å². The molecule has 20 N–H and O–H groups in total. The molecule has 3 fully saturated rings. The third-order valence-corrected chi connectivity index (χ3v) is 19.9. The molecule has 0 aromatic carbocycles. The Kier molecular flexibility index (Phi) is 56.1. The molecule has 40 nitrogen and oxygen atoms in total. The molecular formula is C80H145N11O29. The average Bonchev–Trinajstić information content (AvgIpc) is 0.813. The molecule has 694 valence electrons. The number of nitrogens with one attached hydrogen (secondary N) is 11. The number of aliphatic hydroxyl groups excluding tert-OH is 9. The lowest BCUT2D eigenvalue weighted by Crippen LogP contribution is -2.64. The van der Waals surface area contributed by atoms with E-state index in [2.05, 4.69) is 79.3 Å². The van der Waals surface area contributed by atoms with Crippen molar-refractivity contribution in [3.63, 3.8) is 0 Å². The average molecular weight is 1730 g/mol. The summed E-state index contributed by atoms with van der Waals surface area (Å²) >= 11 is 0. The summed E-state index contributed by atoms with van der Waals surface area (Å²) in [5.74, 6) is -3.60. The first-order chi connectivity index (χ1) is 57.3. The lowest BCUT2D eigenvalue weighted by Gasteiger charge is -2.42. The minimum absolute atomic E-state index is 0.0710. The minimum Gasteiger partial charge on any atom is -0.394 e. The van der Waals surface area contributed by atoms with E-state index in [1.807, 2.05) is 0 Å². The number of unbranched alkanes of at least 4 members (excludes halogenated alkanes) is 10. The maximum absolute atomic E-state index is 14.0. The summed E-state index contributed by atoms with van der Waals surface area (Å²) in [6, 6.07) is -3.28. The summed E-state index contributed by atoms with van der Waals surface area (Å²) in [5, 5.41) is 122. The highest BCUT2D eigenvalue weighted by atomic mass is 16.7. The van der Waals surface area contributed by atoms with Crippen LogP contribution < -0.4 is 58.5 Å². The van der Waals surface area contributed by atoms with Crippen LogP contribution in [0.4, 0.5) is 0 Å². The normalized spacial score (nSPS) is 23.4. The molecule has 0 spiro atoms. The molecule has 3 aliphatic heterocycles. The Hall–Kier alpha value is -6.55. The zero-order chi connectivity index (χ0) is 88.7. The fourth-order valence-electron chi connectivity index (χ4n) is 13.2. The fourth-order valence-corrected chi connectivity index (χ4v) is 13.2. The van der Waals surface area contributed by atoms with E-state index in [0.29, 0.717) is 77.2 Å². The lowest BCUT2D eigenvalue weighted by atomic mass is 9.91. The molecule has 0 aromatic rings. The van der Waals surface area contributed by atoms with E-state index in [1.54, 1.807) is 0 Å². The number of hydrogen-bond donors (Lipinski definition) is 20. The molecule has 0 aliphatic carbocycles. The Morgan fingerprint density at radius 1 is 0.300 bits per heavy atom. The van der Waals surface area contributed by atoms with E-state index in [-0.39, 0.29) is 196 Å². The number of aliphatic hydroxyl groups is 9. The van der Waals surface area contributed by atoms with Crippen molar-refractivity contribution in [2.24, 2.45) is 5.41 Å². The standard InChI is InChI=1S/C80H145N11O29/c1-53(95)88-67-73(109)70(106)56(47-92)118-76(67)115-41-18-15-26-60(99)82-35-22-38-85-63(102)30-44-112-50-80(91-66(105)29-14-12-10-8-7-9-11-13-25-59(98)81-34-21-33-79(4,5)6,51-113-45-31-64(103)86-39-23-36-83-61(100)27-16-19-42-116-77-68(89-54(2)96)74(110)71(107)57(48-93)119-77)52-114-46-32-65(104)87-40-24-37-84-62(101)28-17-20-43-117-78-69(90-55(3)97)75(111)72(108)58(49-94)120-78/h56-58,67-78,92-94,106-111H,7-52H2,1-6H3,(H,81,98)(H,82,99)(H,83,100)(H,84,101)(H,85,102)(H,86,103)(H,87,104)(H,88,95)(H,89,96)(H,90,97)(H,91,105). The fraction of sp³-hybridized carbons (Fsp3) is 0.863. The summed E-state index contributed by atoms with van der Waals surface area (Å²) in [5.41, 5.74) is -1.20. The maximum atomic E-state index is 14.0. The second-order valence-corrected chi connectivity index (χ2v) is 32.0. The molecule has 3 saturated heterocycles. The number of carbonyl (C=O) groups is 11. The van der Waals surface area contributed by atoms with Gasteiger partial charge in [0, 0.05) is 138 Å². The van der Waals surface area contributed by atoms with Crippen molar-refractivity contribution in [2.45, 2.75) is 312 Å². The van der Waals surface area contributed by atoms with E-state index in [9.17, 15) is 98.7 Å². The van der Waals surface area contributed by atoms with Gasteiger partial charge in [0.1, 0.15) is 78.6 Å². The molecule has 11 amide bonds. The second-order valence-electron chi connectivity index (χ2n) is 32.0. The number of rotatable bonds is 66. The third-order valence-electron chi connectivity index (χ3n) is 19.9. The summed E-state index contributed by atoms with van der Waals surface area (Å²) in [7, 11) is 0. The quantitative estimate of drug-likeness (QED) is 0.0273. The van der Waals surface area contributed by atoms with Gasteiger partial charge in [-0.05, 0) is 88.9 Å². The number of hydrogen-bond acceptors (Lipinski definition) is 29. The molecule has 3 rings (SSSR count). The Bertz CT molecular complexity index is 2700. The summed E-state index contributed by atoms with van der Waals surface area (Å²) in [6.07, 6.45) is -2.53. The number of carbonyl (C=O) groups excluding carboxylic acids is 11. The molecule has 0 saturated carbocycles. The van der Waals surface area contributed by atoms with Crippen LogP contribution in [0.2, 0.25) is 0 Å². The first-order valence-electron chi connectivity index (χ1n) is 42.8. The predicted octanol–water partition coefficient (Wildman–Crippen LogP) is -2.84. The molecule has 0 aromatic heterocycles. The highest BCUT2D eigenvalue weighted by Gasteiger charge is 2.48. The SMILES string of the molecule is CC(=O)NC1C(OCCCCC(=O)NCCCNC(=O)CCOCC(COCCC(=O)NCCCNC(=O)CCCCOC2OC(CO)C(O)C(O)C2NC(C)=O)(COCCC(=O)NCCCNC(=O)CCCCOC2OC(CO)C(O)C(O)C2NC(C)=O)NC(=O)CCCCCCCCCCC(=O)NCCCC(C)(C)C)OC(CO)C(O)C1O. The zero-order valence-electron chi connectivity index (χ0n) is 71.4. The third kappa shape index (κ3) is 47.4. The van der Waals surface area contributed by atoms with E-state index in [0.717, 1.165) is 57.8 Å². The highest BCUT2D eigenvalue weighted by Crippen LogP contribution is 2.27. The van der Waals surface area contributed by atoms with Crippen molar-refractivity contribution in [2.75, 3.05) is 125 Å². The maximum Gasteiger partial charge on any atom is 0.222 e. The molecule has 15 unspecified atom stereocenters. The van der Waals surface area contributed by atoms with Gasteiger partial charge < -0.3 is 147 Å². The summed E-state index contributed by atoms with van der Waals surface area (Å²) in [6.45, 7) is 9.66. The van der Waals surface area contributed by atoms with Gasteiger partial charge in [0.15, 0.2) is 18.9 Å². The van der Waals surface area contributed by atoms with E-state index in [1.165, 1.54) is 20.8 Å². The van der Waals surface area contributed by atoms with Crippen LogP contribution in [-0.2, 0) is 95.4 Å². The van der Waals surface area contributed by atoms with E-state index in [4.69, 9.17) is 42.6 Å². The van der Waals surface area contributed by atoms with Crippen molar-refractivity contribution >= 4 is 65.0 Å². The van der Waals surface area contributed by atoms with Crippen LogP contribution in [0.15, 0.2) is 0 Å². The molecule has 40 heteroatoms. The molecule has 0 bridgehead atoms. The molecule has 3 heterocycles. The molecule has 3 aliphatic rings. The van der Waals surface area contributed by atoms with Gasteiger partial charge in [-0.15, -0.1) is 0 Å². The smallest absolute Gasteiger partial charge is 0.222 e. The van der Waals surface area contributed by atoms with Gasteiger partial charge in [0.05, 0.1) is 59.5 Å². The molecule has 15 atom stereocenters. The number of ether oxygens (including phenoxy) is 9. The highest BCUT2D eigenvalue weighted by molar-refractivity contribution is 5.79. The van der Waals surface area contributed by atoms with Crippen LogP contribution in [0.1, 0.15) is 215 Å². The van der Waals surface area contributed by atoms with Crippen LogP contribution in [0, 0.1) is 5.41 Å². The first kappa shape index (κ1) is 108. The van der Waals surface area contributed by atoms with Gasteiger partial charge in [0.2, 0.25) is 65.0 Å². The second kappa shape index (κ2) is 62.5. The monoisotopic (exact) mass is 1720 g/mol. The van der Waals surface area contributed by atoms with Gasteiger partial charge in [-0.25, -0.2) is 0 Å². The van der Waals surface area contributed by atoms with Crippen molar-refractivity contribution < 1.29 is 141 Å². The van der Waals surface area contributed by atoms with Crippen LogP contribution in [-0.4, -0.2) is 334 Å². The van der Waals surface area contributed by atoms with Crippen LogP contribution in [0.3, 0.4) is 0 Å². The van der Waals surface area contributed by atoms with Gasteiger partial charge in [0.25, 0.3) is 0 Å². The summed E-state index contributed by atoms with van der Waals surface area (Å²) in [4.78, 5) is 139. The van der Waals surface area contributed by atoms with Gasteiger partial charge >= 0.3 is 0 Å². The minimum atomic E-state index is -1.46. The largest absolute Gasteiger partial charge is 0.394 e. The van der Waals surface area contributed by atoms with Crippen LogP contribution >= 0.6 is 0 Å². The van der Waals surface area contributed by atoms with E-state index >= 15 is 0 Å². The van der Waals surface area contributed by atoms with Crippen molar-refractivity contribution in [1.29, 1.82) is 0 Å². The van der Waals surface area contributed by atoms with Gasteiger partial charge in [-0.1, -0.05) is 59.3 Å². The Labute approximate surface area is 705 Å². The molecule has 0 radical (unpaired) electrons. The topological polar surface area (TPSA) is 585 Å². The van der Waals surface area contributed by atoms with Crippen molar-refractivity contribution in [3.05, 3.63) is 0 Å². The first-order valence-corrected chi connectivity index (χ1v) is 42.8. The van der Waals surface area contributed by atoms with Gasteiger partial charge in [-0.2, -0.15) is 0 Å². The molecule has 120 heavy (non-hydrogen) atoms. The summed E-state index contributed by atoms with van der Waals surface area (Å²) < 4.78 is 52.3. The Morgan fingerprint density at radius 2 is 0.542 bits per heavy atom. The molecular weight excluding hydrogens is 1580 g/mol. The Balaban J connectivity index is 1.58. The van der Waals surface area contributed by atoms with Gasteiger partial charge in [-0.3, -0.25) is 52.7 Å². The predicted molar refractivity (Wildman–Crippen MR) is 432 cm³/mol. The van der Waals surface area contributed by atoms with E-state index < -0.39 is 135 Å².